The fourth-order valence-corrected chi connectivity index (χ4v) is 2.35. The molecule has 0 aliphatic heterocycles. The first-order chi connectivity index (χ1) is 9.47. The van der Waals surface area contributed by atoms with Crippen LogP contribution in [0.1, 0.15) is 51.8 Å². The Hall–Kier alpha value is -0.720. The van der Waals surface area contributed by atoms with Crippen LogP contribution in [0.4, 0.5) is 13.2 Å². The van der Waals surface area contributed by atoms with Crippen LogP contribution in [0.25, 0.3) is 0 Å². The number of aliphatic hydroxyl groups excluding tert-OH is 1. The predicted octanol–water partition coefficient (Wildman–Crippen LogP) is 4.40. The summed E-state index contributed by atoms with van der Waals surface area (Å²) in [6, 6.07) is 3.43. The van der Waals surface area contributed by atoms with Gasteiger partial charge in [-0.05, 0) is 40.7 Å². The van der Waals surface area contributed by atoms with Gasteiger partial charge in [-0.3, -0.25) is 4.72 Å². The SMILES string of the molecule is CC(O)C(F)(F)c1cccc([C@@H](C)NSC(C)(C)C)c1F. The summed E-state index contributed by atoms with van der Waals surface area (Å²) in [6.07, 6.45) is -1.95. The van der Waals surface area contributed by atoms with Crippen LogP contribution in [-0.4, -0.2) is 16.0 Å². The van der Waals surface area contributed by atoms with Crippen LogP contribution in [0.15, 0.2) is 18.2 Å². The van der Waals surface area contributed by atoms with Gasteiger partial charge < -0.3 is 5.11 Å². The molecular formula is C15H22F3NOS. The van der Waals surface area contributed by atoms with Crippen molar-refractivity contribution in [2.45, 2.75) is 57.4 Å². The van der Waals surface area contributed by atoms with E-state index >= 15 is 0 Å². The molecule has 0 radical (unpaired) electrons. The van der Waals surface area contributed by atoms with Crippen LogP contribution in [0, 0.1) is 5.82 Å². The molecule has 0 saturated heterocycles. The maximum Gasteiger partial charge on any atom is 0.301 e. The molecule has 0 aliphatic rings. The van der Waals surface area contributed by atoms with E-state index in [1.165, 1.54) is 24.1 Å². The Labute approximate surface area is 128 Å². The van der Waals surface area contributed by atoms with E-state index in [2.05, 4.69) is 4.72 Å². The van der Waals surface area contributed by atoms with E-state index in [1.54, 1.807) is 6.92 Å². The maximum absolute atomic E-state index is 14.4. The number of benzene rings is 1. The van der Waals surface area contributed by atoms with Crippen LogP contribution < -0.4 is 4.72 Å². The molecule has 120 valence electrons. The normalized spacial score (nSPS) is 15.9. The Morgan fingerprint density at radius 2 is 1.76 bits per heavy atom. The van der Waals surface area contributed by atoms with Gasteiger partial charge in [-0.2, -0.15) is 8.78 Å². The molecule has 2 atom stereocenters. The molecule has 1 aromatic rings. The number of hydrogen-bond acceptors (Lipinski definition) is 3. The van der Waals surface area contributed by atoms with Gasteiger partial charge in [-0.25, -0.2) is 4.39 Å². The molecular weight excluding hydrogens is 299 g/mol. The zero-order chi connectivity index (χ0) is 16.4. The quantitative estimate of drug-likeness (QED) is 0.789. The molecule has 0 aliphatic carbocycles. The van der Waals surface area contributed by atoms with E-state index in [0.29, 0.717) is 0 Å². The highest BCUT2D eigenvalue weighted by Crippen LogP contribution is 2.36. The Morgan fingerprint density at radius 1 is 1.19 bits per heavy atom. The van der Waals surface area contributed by atoms with E-state index in [0.717, 1.165) is 13.0 Å². The van der Waals surface area contributed by atoms with Crippen molar-refractivity contribution < 1.29 is 18.3 Å². The summed E-state index contributed by atoms with van der Waals surface area (Å²) in [6.45, 7) is 8.63. The lowest BCUT2D eigenvalue weighted by molar-refractivity contribution is -0.108. The van der Waals surface area contributed by atoms with Crippen molar-refractivity contribution in [3.8, 4) is 0 Å². The molecule has 6 heteroatoms. The Kier molecular flexibility index (Phi) is 5.75. The summed E-state index contributed by atoms with van der Waals surface area (Å²) in [5.41, 5.74) is -0.617. The molecule has 0 heterocycles. The highest BCUT2D eigenvalue weighted by molar-refractivity contribution is 7.98. The number of nitrogens with one attached hydrogen (secondary N) is 1. The smallest absolute Gasteiger partial charge is 0.301 e. The molecule has 2 nitrogen and oxygen atoms in total. The highest BCUT2D eigenvalue weighted by atomic mass is 32.2. The van der Waals surface area contributed by atoms with Gasteiger partial charge in [-0.15, -0.1) is 0 Å². The van der Waals surface area contributed by atoms with Gasteiger partial charge in [0.1, 0.15) is 11.9 Å². The van der Waals surface area contributed by atoms with Crippen molar-refractivity contribution >= 4 is 11.9 Å². The Morgan fingerprint density at radius 3 is 2.24 bits per heavy atom. The van der Waals surface area contributed by atoms with E-state index in [4.69, 9.17) is 5.11 Å². The second-order valence-electron chi connectivity index (χ2n) is 6.06. The monoisotopic (exact) mass is 321 g/mol. The standard InChI is InChI=1S/C15H22F3NOS/c1-9(19-21-14(3,4)5)11-7-6-8-12(13(11)16)15(17,18)10(2)20/h6-10,19-20H,1-5H3/t9-,10?/m1/s1. The predicted molar refractivity (Wildman–Crippen MR) is 80.9 cm³/mol. The van der Waals surface area contributed by atoms with E-state index < -0.39 is 29.4 Å². The summed E-state index contributed by atoms with van der Waals surface area (Å²) < 4.78 is 45.0. The third kappa shape index (κ3) is 4.63. The number of halogens is 3. The van der Waals surface area contributed by atoms with Crippen molar-refractivity contribution in [2.75, 3.05) is 0 Å². The number of alkyl halides is 2. The zero-order valence-electron chi connectivity index (χ0n) is 12.9. The third-order valence-corrected chi connectivity index (χ3v) is 4.00. The lowest BCUT2D eigenvalue weighted by Gasteiger charge is -2.25. The molecule has 0 spiro atoms. The minimum atomic E-state index is -3.61. The van der Waals surface area contributed by atoms with Crippen LogP contribution in [0.2, 0.25) is 0 Å². The summed E-state index contributed by atoms with van der Waals surface area (Å²) in [5.74, 6) is -4.59. The lowest BCUT2D eigenvalue weighted by atomic mass is 9.98. The zero-order valence-corrected chi connectivity index (χ0v) is 13.7. The number of hydrogen-bond donors (Lipinski definition) is 2. The lowest BCUT2D eigenvalue weighted by Crippen LogP contribution is -2.30. The number of aliphatic hydroxyl groups is 1. The van der Waals surface area contributed by atoms with Crippen molar-refractivity contribution in [1.29, 1.82) is 0 Å². The molecule has 0 aromatic heterocycles. The highest BCUT2D eigenvalue weighted by Gasteiger charge is 2.40. The minimum Gasteiger partial charge on any atom is -0.387 e. The van der Waals surface area contributed by atoms with Gasteiger partial charge in [0.25, 0.3) is 0 Å². The van der Waals surface area contributed by atoms with Gasteiger partial charge in [0.15, 0.2) is 0 Å². The maximum atomic E-state index is 14.4. The van der Waals surface area contributed by atoms with E-state index in [1.807, 2.05) is 20.8 Å². The largest absolute Gasteiger partial charge is 0.387 e. The van der Waals surface area contributed by atoms with Gasteiger partial charge in [0.05, 0.1) is 5.56 Å². The summed E-state index contributed by atoms with van der Waals surface area (Å²) >= 11 is 1.41. The first-order valence-electron chi connectivity index (χ1n) is 6.75. The molecule has 2 N–H and O–H groups in total. The van der Waals surface area contributed by atoms with Crippen LogP contribution in [0.5, 0.6) is 0 Å². The fourth-order valence-electron chi connectivity index (χ4n) is 1.70. The van der Waals surface area contributed by atoms with Crippen molar-refractivity contribution in [3.63, 3.8) is 0 Å². The summed E-state index contributed by atoms with van der Waals surface area (Å²) in [7, 11) is 0. The van der Waals surface area contributed by atoms with Gasteiger partial charge in [0.2, 0.25) is 0 Å². The first kappa shape index (κ1) is 18.3. The average Bonchev–Trinajstić information content (AvgIpc) is 2.34. The first-order valence-corrected chi connectivity index (χ1v) is 7.56. The summed E-state index contributed by atoms with van der Waals surface area (Å²) in [4.78, 5) is 0. The van der Waals surface area contributed by atoms with Crippen molar-refractivity contribution in [3.05, 3.63) is 35.1 Å². The van der Waals surface area contributed by atoms with Gasteiger partial charge in [0, 0.05) is 16.4 Å². The van der Waals surface area contributed by atoms with Crippen molar-refractivity contribution in [2.24, 2.45) is 0 Å². The molecule has 1 aromatic carbocycles. The second kappa shape index (κ2) is 6.58. The molecule has 0 saturated carbocycles. The van der Waals surface area contributed by atoms with Crippen molar-refractivity contribution in [1.82, 2.24) is 4.72 Å². The molecule has 1 unspecified atom stereocenters. The van der Waals surface area contributed by atoms with Crippen LogP contribution in [-0.2, 0) is 5.92 Å². The molecule has 1 rings (SSSR count). The molecule has 0 bridgehead atoms. The van der Waals surface area contributed by atoms with Gasteiger partial charge >= 0.3 is 5.92 Å². The summed E-state index contributed by atoms with van der Waals surface area (Å²) in [5, 5.41) is 9.16. The third-order valence-electron chi connectivity index (χ3n) is 2.92. The average molecular weight is 321 g/mol. The molecule has 0 amide bonds. The minimum absolute atomic E-state index is 0.0775. The topological polar surface area (TPSA) is 32.3 Å². The Bertz CT molecular complexity index is 486. The molecule has 21 heavy (non-hydrogen) atoms. The fraction of sp³-hybridized carbons (Fsp3) is 0.600. The molecule has 0 fully saturated rings. The van der Waals surface area contributed by atoms with Gasteiger partial charge in [-0.1, -0.05) is 24.1 Å². The van der Waals surface area contributed by atoms with E-state index in [9.17, 15) is 13.2 Å². The van der Waals surface area contributed by atoms with E-state index in [-0.39, 0.29) is 10.3 Å². The second-order valence-corrected chi connectivity index (χ2v) is 7.73. The Balaban J connectivity index is 3.06. The number of rotatable bonds is 5. The van der Waals surface area contributed by atoms with Crippen LogP contribution >= 0.6 is 11.9 Å². The van der Waals surface area contributed by atoms with Crippen LogP contribution in [0.3, 0.4) is 0 Å².